The number of benzene rings is 1. The first-order valence-corrected chi connectivity index (χ1v) is 6.35. The largest absolute Gasteiger partial charge is 0.387 e. The van der Waals surface area contributed by atoms with Crippen molar-refractivity contribution in [2.75, 3.05) is 19.8 Å². The van der Waals surface area contributed by atoms with Crippen LogP contribution in [-0.2, 0) is 4.74 Å². The highest BCUT2D eigenvalue weighted by Gasteiger charge is 2.19. The van der Waals surface area contributed by atoms with Crippen LogP contribution in [0.3, 0.4) is 0 Å². The Morgan fingerprint density at radius 1 is 1.41 bits per heavy atom. The highest BCUT2D eigenvalue weighted by molar-refractivity contribution is 6.31. The number of nitrogens with two attached hydrogens (primary N) is 1. The van der Waals surface area contributed by atoms with E-state index in [1.165, 1.54) is 0 Å². The molecule has 0 bridgehead atoms. The summed E-state index contributed by atoms with van der Waals surface area (Å²) >= 11 is 6.27. The number of aliphatic hydroxyl groups excluding tert-OH is 1. The zero-order valence-electron chi connectivity index (χ0n) is 9.73. The van der Waals surface area contributed by atoms with Crippen molar-refractivity contribution in [2.45, 2.75) is 24.9 Å². The molecule has 94 valence electrons. The average Bonchev–Trinajstić information content (AvgIpc) is 2.38. The smallest absolute Gasteiger partial charge is 0.0912 e. The second-order valence-corrected chi connectivity index (χ2v) is 4.83. The number of rotatable bonds is 3. The minimum absolute atomic E-state index is 0.215. The first-order valence-electron chi connectivity index (χ1n) is 5.97. The van der Waals surface area contributed by atoms with Crippen LogP contribution in [0.4, 0.5) is 0 Å². The molecule has 4 heteroatoms. The molecule has 1 aromatic rings. The molecular formula is C13H18ClNO2. The van der Waals surface area contributed by atoms with Gasteiger partial charge in [0, 0.05) is 24.8 Å². The van der Waals surface area contributed by atoms with E-state index in [-0.39, 0.29) is 6.54 Å². The van der Waals surface area contributed by atoms with Gasteiger partial charge in [0.2, 0.25) is 0 Å². The number of hydrogen-bond donors (Lipinski definition) is 2. The molecule has 2 rings (SSSR count). The molecule has 0 spiro atoms. The normalized spacial score (nSPS) is 19.2. The van der Waals surface area contributed by atoms with Gasteiger partial charge >= 0.3 is 0 Å². The minimum atomic E-state index is -0.628. The van der Waals surface area contributed by atoms with Crippen molar-refractivity contribution in [3.8, 4) is 0 Å². The predicted octanol–water partition coefficient (Wildman–Crippen LogP) is 2.23. The summed E-state index contributed by atoms with van der Waals surface area (Å²) in [6.07, 6.45) is 1.40. The molecule has 1 saturated heterocycles. The molecule has 3 nitrogen and oxygen atoms in total. The van der Waals surface area contributed by atoms with Crippen LogP contribution < -0.4 is 5.73 Å². The lowest BCUT2D eigenvalue weighted by molar-refractivity contribution is 0.0853. The molecular weight excluding hydrogens is 238 g/mol. The van der Waals surface area contributed by atoms with E-state index in [0.29, 0.717) is 5.92 Å². The van der Waals surface area contributed by atoms with Crippen LogP contribution in [0.1, 0.15) is 36.0 Å². The molecule has 1 aromatic carbocycles. The highest BCUT2D eigenvalue weighted by Crippen LogP contribution is 2.33. The second kappa shape index (κ2) is 5.83. The molecule has 17 heavy (non-hydrogen) atoms. The first-order chi connectivity index (χ1) is 8.22. The fourth-order valence-electron chi connectivity index (χ4n) is 2.23. The van der Waals surface area contributed by atoms with Crippen LogP contribution >= 0.6 is 11.6 Å². The van der Waals surface area contributed by atoms with Gasteiger partial charge in [-0.1, -0.05) is 23.7 Å². The molecule has 0 radical (unpaired) electrons. The van der Waals surface area contributed by atoms with Crippen molar-refractivity contribution in [2.24, 2.45) is 5.73 Å². The van der Waals surface area contributed by atoms with Crippen molar-refractivity contribution < 1.29 is 9.84 Å². The van der Waals surface area contributed by atoms with E-state index in [9.17, 15) is 5.11 Å². The quantitative estimate of drug-likeness (QED) is 0.871. The Morgan fingerprint density at radius 2 is 2.12 bits per heavy atom. The third-order valence-corrected chi connectivity index (χ3v) is 3.62. The number of ether oxygens (including phenoxy) is 1. The summed E-state index contributed by atoms with van der Waals surface area (Å²) in [5.41, 5.74) is 7.37. The van der Waals surface area contributed by atoms with Gasteiger partial charge < -0.3 is 15.6 Å². The summed E-state index contributed by atoms with van der Waals surface area (Å²) in [5, 5.41) is 10.4. The number of aliphatic hydroxyl groups is 1. The summed E-state index contributed by atoms with van der Waals surface area (Å²) in [4.78, 5) is 0. The fourth-order valence-corrected chi connectivity index (χ4v) is 2.57. The van der Waals surface area contributed by atoms with Crippen LogP contribution in [0.25, 0.3) is 0 Å². The maximum Gasteiger partial charge on any atom is 0.0912 e. The summed E-state index contributed by atoms with van der Waals surface area (Å²) in [5.74, 6) is 0.473. The minimum Gasteiger partial charge on any atom is -0.387 e. The van der Waals surface area contributed by atoms with Gasteiger partial charge in [-0.2, -0.15) is 0 Å². The Hall–Kier alpha value is -0.610. The highest BCUT2D eigenvalue weighted by atomic mass is 35.5. The van der Waals surface area contributed by atoms with Crippen LogP contribution in [0, 0.1) is 0 Å². The van der Waals surface area contributed by atoms with E-state index >= 15 is 0 Å². The standard InChI is InChI=1S/C13H18ClNO2/c14-12-7-10(13(16)8-15)1-2-11(12)9-3-5-17-6-4-9/h1-2,7,9,13,16H,3-6,8,15H2. The molecule has 0 aromatic heterocycles. The monoisotopic (exact) mass is 255 g/mol. The van der Waals surface area contributed by atoms with Gasteiger partial charge in [-0.05, 0) is 36.0 Å². The Bertz CT molecular complexity index is 378. The van der Waals surface area contributed by atoms with Crippen LogP contribution in [0.15, 0.2) is 18.2 Å². The fraction of sp³-hybridized carbons (Fsp3) is 0.538. The van der Waals surface area contributed by atoms with E-state index in [4.69, 9.17) is 22.1 Å². The Labute approximate surface area is 107 Å². The summed E-state index contributed by atoms with van der Waals surface area (Å²) < 4.78 is 5.34. The van der Waals surface area contributed by atoms with Gasteiger partial charge in [0.1, 0.15) is 0 Å². The summed E-state index contributed by atoms with van der Waals surface area (Å²) in [7, 11) is 0. The van der Waals surface area contributed by atoms with E-state index in [1.54, 1.807) is 0 Å². The SMILES string of the molecule is NCC(O)c1ccc(C2CCOCC2)c(Cl)c1. The molecule has 1 aliphatic heterocycles. The van der Waals surface area contributed by atoms with Crippen LogP contribution in [-0.4, -0.2) is 24.9 Å². The second-order valence-electron chi connectivity index (χ2n) is 4.42. The molecule has 0 saturated carbocycles. The van der Waals surface area contributed by atoms with Crippen molar-refractivity contribution in [1.29, 1.82) is 0 Å². The van der Waals surface area contributed by atoms with Crippen molar-refractivity contribution >= 4 is 11.6 Å². The van der Waals surface area contributed by atoms with Gasteiger partial charge in [-0.3, -0.25) is 0 Å². The van der Waals surface area contributed by atoms with Gasteiger partial charge in [-0.25, -0.2) is 0 Å². The lowest BCUT2D eigenvalue weighted by atomic mass is 9.90. The van der Waals surface area contributed by atoms with Crippen LogP contribution in [0.5, 0.6) is 0 Å². The summed E-state index contributed by atoms with van der Waals surface area (Å²) in [6, 6.07) is 5.74. The van der Waals surface area contributed by atoms with Gasteiger partial charge in [-0.15, -0.1) is 0 Å². The lowest BCUT2D eigenvalue weighted by Gasteiger charge is -2.23. The Balaban J connectivity index is 2.18. The van der Waals surface area contributed by atoms with Gasteiger partial charge in [0.05, 0.1) is 6.10 Å². The van der Waals surface area contributed by atoms with E-state index in [0.717, 1.165) is 42.2 Å². The molecule has 1 atom stereocenters. The lowest BCUT2D eigenvalue weighted by Crippen LogP contribution is -2.15. The van der Waals surface area contributed by atoms with E-state index in [2.05, 4.69) is 0 Å². The first kappa shape index (κ1) is 12.8. The number of hydrogen-bond acceptors (Lipinski definition) is 3. The zero-order chi connectivity index (χ0) is 12.3. The average molecular weight is 256 g/mol. The van der Waals surface area contributed by atoms with Crippen molar-refractivity contribution in [3.63, 3.8) is 0 Å². The molecule has 1 fully saturated rings. The van der Waals surface area contributed by atoms with Crippen LogP contribution in [0.2, 0.25) is 5.02 Å². The molecule has 1 unspecified atom stereocenters. The van der Waals surface area contributed by atoms with Gasteiger partial charge in [0.25, 0.3) is 0 Å². The maximum atomic E-state index is 9.65. The Morgan fingerprint density at radius 3 is 2.71 bits per heavy atom. The molecule has 1 aliphatic rings. The van der Waals surface area contributed by atoms with Crippen molar-refractivity contribution in [1.82, 2.24) is 0 Å². The molecule has 0 amide bonds. The maximum absolute atomic E-state index is 9.65. The third kappa shape index (κ3) is 2.99. The van der Waals surface area contributed by atoms with Crippen molar-refractivity contribution in [3.05, 3.63) is 34.3 Å². The summed E-state index contributed by atoms with van der Waals surface area (Å²) in [6.45, 7) is 1.81. The third-order valence-electron chi connectivity index (χ3n) is 3.29. The molecule has 3 N–H and O–H groups in total. The zero-order valence-corrected chi connectivity index (χ0v) is 10.5. The van der Waals surface area contributed by atoms with E-state index in [1.807, 2.05) is 18.2 Å². The topological polar surface area (TPSA) is 55.5 Å². The molecule has 1 heterocycles. The Kier molecular flexibility index (Phi) is 4.40. The van der Waals surface area contributed by atoms with E-state index < -0.39 is 6.10 Å². The molecule has 0 aliphatic carbocycles. The predicted molar refractivity (Wildman–Crippen MR) is 68.3 cm³/mol. The van der Waals surface area contributed by atoms with Gasteiger partial charge in [0.15, 0.2) is 0 Å². The number of halogens is 1.